The molecule has 0 bridgehead atoms. The lowest BCUT2D eigenvalue weighted by molar-refractivity contribution is -0.153. The fourth-order valence-electron chi connectivity index (χ4n) is 2.99. The number of carbonyl (C=O) groups is 1. The van der Waals surface area contributed by atoms with Gasteiger partial charge in [-0.3, -0.25) is 4.79 Å². The van der Waals surface area contributed by atoms with Crippen LogP contribution in [-0.4, -0.2) is 23.8 Å². The minimum atomic E-state index is -0.621. The van der Waals surface area contributed by atoms with Gasteiger partial charge < -0.3 is 9.84 Å². The summed E-state index contributed by atoms with van der Waals surface area (Å²) in [5.74, 6) is 0.123. The molecule has 1 fully saturated rings. The molecule has 1 saturated carbocycles. The van der Waals surface area contributed by atoms with E-state index in [-0.39, 0.29) is 6.10 Å². The van der Waals surface area contributed by atoms with E-state index in [1.54, 1.807) is 0 Å². The molecule has 0 aromatic carbocycles. The Morgan fingerprint density at radius 1 is 1.39 bits per heavy atom. The second-order valence-electron chi connectivity index (χ2n) is 5.99. The van der Waals surface area contributed by atoms with Crippen LogP contribution in [0.25, 0.3) is 0 Å². The molecule has 0 saturated heterocycles. The van der Waals surface area contributed by atoms with Crippen molar-refractivity contribution in [2.75, 3.05) is 6.61 Å². The topological polar surface area (TPSA) is 46.5 Å². The number of carboxylic acid groups (broad SMARTS) is 1. The Balaban J connectivity index is 2.48. The summed E-state index contributed by atoms with van der Waals surface area (Å²) in [6, 6.07) is 0. The first-order valence-electron chi connectivity index (χ1n) is 7.35. The van der Waals surface area contributed by atoms with Crippen LogP contribution in [-0.2, 0) is 9.53 Å². The van der Waals surface area contributed by atoms with Crippen LogP contribution < -0.4 is 0 Å². The molecule has 3 heteroatoms. The maximum absolute atomic E-state index is 11.6. The molecular weight excluding hydrogens is 228 g/mol. The van der Waals surface area contributed by atoms with Gasteiger partial charge in [0.15, 0.2) is 0 Å². The van der Waals surface area contributed by atoms with E-state index in [1.807, 2.05) is 13.8 Å². The maximum Gasteiger partial charge on any atom is 0.309 e. The van der Waals surface area contributed by atoms with Gasteiger partial charge in [0.05, 0.1) is 11.5 Å². The zero-order valence-corrected chi connectivity index (χ0v) is 12.1. The molecule has 0 spiro atoms. The number of hydrogen-bond acceptors (Lipinski definition) is 2. The lowest BCUT2D eigenvalue weighted by Crippen LogP contribution is -2.36. The first-order chi connectivity index (χ1) is 8.50. The van der Waals surface area contributed by atoms with Gasteiger partial charge in [0.1, 0.15) is 0 Å². The van der Waals surface area contributed by atoms with Gasteiger partial charge in [0.2, 0.25) is 0 Å². The third kappa shape index (κ3) is 4.27. The first-order valence-corrected chi connectivity index (χ1v) is 7.35. The number of aliphatic carboxylic acids is 1. The maximum atomic E-state index is 11.6. The first kappa shape index (κ1) is 15.5. The van der Waals surface area contributed by atoms with Gasteiger partial charge in [-0.05, 0) is 51.9 Å². The summed E-state index contributed by atoms with van der Waals surface area (Å²) in [5.41, 5.74) is -0.515. The van der Waals surface area contributed by atoms with Crippen LogP contribution in [0.1, 0.15) is 65.7 Å². The van der Waals surface area contributed by atoms with Crippen LogP contribution >= 0.6 is 0 Å². The van der Waals surface area contributed by atoms with Gasteiger partial charge in [-0.1, -0.05) is 19.8 Å². The lowest BCUT2D eigenvalue weighted by Gasteiger charge is -2.37. The molecular formula is C15H28O3. The lowest BCUT2D eigenvalue weighted by atomic mass is 9.68. The Morgan fingerprint density at radius 2 is 2.00 bits per heavy atom. The largest absolute Gasteiger partial charge is 0.481 e. The fraction of sp³-hybridized carbons (Fsp3) is 0.933. The highest BCUT2D eigenvalue weighted by Gasteiger charge is 2.41. The fourth-order valence-corrected chi connectivity index (χ4v) is 2.99. The summed E-state index contributed by atoms with van der Waals surface area (Å²) in [7, 11) is 0. The van der Waals surface area contributed by atoms with Crippen molar-refractivity contribution in [3.8, 4) is 0 Å². The average molecular weight is 256 g/mol. The summed E-state index contributed by atoms with van der Waals surface area (Å²) in [6.07, 6.45) is 7.11. The van der Waals surface area contributed by atoms with Gasteiger partial charge >= 0.3 is 5.97 Å². The molecule has 1 aliphatic rings. The summed E-state index contributed by atoms with van der Waals surface area (Å²) in [5, 5.41) is 9.51. The third-order valence-corrected chi connectivity index (χ3v) is 4.24. The quantitative estimate of drug-likeness (QED) is 0.752. The van der Waals surface area contributed by atoms with Crippen molar-refractivity contribution >= 4 is 5.97 Å². The zero-order chi connectivity index (χ0) is 13.6. The normalized spacial score (nSPS) is 28.6. The van der Waals surface area contributed by atoms with Crippen molar-refractivity contribution in [1.82, 2.24) is 0 Å². The molecule has 0 heterocycles. The van der Waals surface area contributed by atoms with E-state index in [0.29, 0.717) is 13.0 Å². The van der Waals surface area contributed by atoms with Gasteiger partial charge in [-0.2, -0.15) is 0 Å². The molecule has 106 valence electrons. The Hall–Kier alpha value is -0.570. The predicted octanol–water partition coefficient (Wildman–Crippen LogP) is 3.86. The van der Waals surface area contributed by atoms with Crippen molar-refractivity contribution in [1.29, 1.82) is 0 Å². The van der Waals surface area contributed by atoms with E-state index >= 15 is 0 Å². The van der Waals surface area contributed by atoms with Crippen LogP contribution in [0.5, 0.6) is 0 Å². The number of hydrogen-bond donors (Lipinski definition) is 1. The highest BCUT2D eigenvalue weighted by molar-refractivity contribution is 5.74. The molecule has 18 heavy (non-hydrogen) atoms. The Morgan fingerprint density at radius 3 is 2.44 bits per heavy atom. The van der Waals surface area contributed by atoms with E-state index in [0.717, 1.165) is 31.6 Å². The second-order valence-corrected chi connectivity index (χ2v) is 5.99. The SMILES string of the molecule is CCCC1CCC(CCOC(C)C)(C(=O)O)CC1. The molecule has 0 atom stereocenters. The molecule has 0 amide bonds. The van der Waals surface area contributed by atoms with Crippen molar-refractivity contribution in [3.05, 3.63) is 0 Å². The standard InChI is InChI=1S/C15H28O3/c1-4-5-13-6-8-15(9-7-13,14(16)17)10-11-18-12(2)3/h12-13H,4-11H2,1-3H3,(H,16,17). The molecule has 0 aromatic heterocycles. The molecule has 0 aliphatic heterocycles. The minimum absolute atomic E-state index is 0.187. The monoisotopic (exact) mass is 256 g/mol. The van der Waals surface area contributed by atoms with Crippen molar-refractivity contribution in [2.24, 2.45) is 11.3 Å². The second kappa shape index (κ2) is 7.13. The zero-order valence-electron chi connectivity index (χ0n) is 12.1. The van der Waals surface area contributed by atoms with E-state index < -0.39 is 11.4 Å². The highest BCUT2D eigenvalue weighted by Crippen LogP contribution is 2.43. The molecule has 1 N–H and O–H groups in total. The Kier molecular flexibility index (Phi) is 6.13. The molecule has 1 aliphatic carbocycles. The summed E-state index contributed by atoms with van der Waals surface area (Å²) in [6.45, 7) is 6.76. The van der Waals surface area contributed by atoms with E-state index in [2.05, 4.69) is 6.92 Å². The van der Waals surface area contributed by atoms with Gasteiger partial charge in [0, 0.05) is 6.61 Å². The smallest absolute Gasteiger partial charge is 0.309 e. The van der Waals surface area contributed by atoms with Gasteiger partial charge in [0.25, 0.3) is 0 Å². The molecule has 0 radical (unpaired) electrons. The van der Waals surface area contributed by atoms with Crippen LogP contribution in [0.3, 0.4) is 0 Å². The number of rotatable bonds is 7. The van der Waals surface area contributed by atoms with E-state index in [1.165, 1.54) is 12.8 Å². The molecule has 1 rings (SSSR count). The number of ether oxygens (including phenoxy) is 1. The minimum Gasteiger partial charge on any atom is -0.481 e. The Labute approximate surface area is 111 Å². The molecule has 3 nitrogen and oxygen atoms in total. The Bertz CT molecular complexity index is 252. The third-order valence-electron chi connectivity index (χ3n) is 4.24. The van der Waals surface area contributed by atoms with Crippen LogP contribution in [0.15, 0.2) is 0 Å². The number of carboxylic acids is 1. The van der Waals surface area contributed by atoms with Crippen LogP contribution in [0.4, 0.5) is 0 Å². The van der Waals surface area contributed by atoms with Crippen LogP contribution in [0, 0.1) is 11.3 Å². The highest BCUT2D eigenvalue weighted by atomic mass is 16.5. The van der Waals surface area contributed by atoms with Crippen molar-refractivity contribution < 1.29 is 14.6 Å². The van der Waals surface area contributed by atoms with Gasteiger partial charge in [-0.15, -0.1) is 0 Å². The average Bonchev–Trinajstić information content (AvgIpc) is 2.31. The van der Waals surface area contributed by atoms with Gasteiger partial charge in [-0.25, -0.2) is 0 Å². The van der Waals surface area contributed by atoms with Crippen LogP contribution in [0.2, 0.25) is 0 Å². The van der Waals surface area contributed by atoms with E-state index in [9.17, 15) is 9.90 Å². The molecule has 0 aromatic rings. The summed E-state index contributed by atoms with van der Waals surface area (Å²) < 4.78 is 5.53. The van der Waals surface area contributed by atoms with Crippen molar-refractivity contribution in [2.45, 2.75) is 71.8 Å². The summed E-state index contributed by atoms with van der Waals surface area (Å²) in [4.78, 5) is 11.6. The predicted molar refractivity (Wildman–Crippen MR) is 72.6 cm³/mol. The molecule has 0 unspecified atom stereocenters. The summed E-state index contributed by atoms with van der Waals surface area (Å²) >= 11 is 0. The van der Waals surface area contributed by atoms with Crippen molar-refractivity contribution in [3.63, 3.8) is 0 Å². The van der Waals surface area contributed by atoms with E-state index in [4.69, 9.17) is 4.74 Å².